The van der Waals surface area contributed by atoms with Crippen molar-refractivity contribution >= 4 is 33.4 Å². The second-order valence-electron chi connectivity index (χ2n) is 5.51. The van der Waals surface area contributed by atoms with Gasteiger partial charge < -0.3 is 15.5 Å². The Kier molecular flexibility index (Phi) is 4.88. The standard InChI is InChI=1S/C15H20BrN3O2/c1-10(2)14(20)18-5-7-19(8-6-18)15(21)11-3-4-12(16)13(17)9-11/h3-4,9-10H,5-8,17H2,1-2H3. The fourth-order valence-electron chi connectivity index (χ4n) is 2.35. The number of nitrogen functional groups attached to an aromatic ring is 1. The molecular formula is C15H20BrN3O2. The highest BCUT2D eigenvalue weighted by atomic mass is 79.9. The van der Waals surface area contributed by atoms with E-state index >= 15 is 0 Å². The molecule has 2 rings (SSSR count). The molecule has 1 heterocycles. The Hall–Kier alpha value is -1.56. The van der Waals surface area contributed by atoms with Gasteiger partial charge >= 0.3 is 0 Å². The van der Waals surface area contributed by atoms with Crippen LogP contribution in [0, 0.1) is 5.92 Å². The molecule has 5 nitrogen and oxygen atoms in total. The lowest BCUT2D eigenvalue weighted by Gasteiger charge is -2.35. The van der Waals surface area contributed by atoms with E-state index in [0.717, 1.165) is 4.47 Å². The number of rotatable bonds is 2. The second kappa shape index (κ2) is 6.47. The average Bonchev–Trinajstić information content (AvgIpc) is 2.48. The average molecular weight is 354 g/mol. The van der Waals surface area contributed by atoms with Crippen LogP contribution in [0.5, 0.6) is 0 Å². The number of halogens is 1. The third-order valence-corrected chi connectivity index (χ3v) is 4.34. The van der Waals surface area contributed by atoms with Crippen LogP contribution in [0.25, 0.3) is 0 Å². The van der Waals surface area contributed by atoms with E-state index in [1.807, 2.05) is 18.7 Å². The quantitative estimate of drug-likeness (QED) is 0.826. The smallest absolute Gasteiger partial charge is 0.254 e. The zero-order valence-corrected chi connectivity index (χ0v) is 13.9. The van der Waals surface area contributed by atoms with E-state index in [9.17, 15) is 9.59 Å². The highest BCUT2D eigenvalue weighted by molar-refractivity contribution is 9.10. The van der Waals surface area contributed by atoms with Crippen molar-refractivity contribution in [2.24, 2.45) is 5.92 Å². The molecule has 21 heavy (non-hydrogen) atoms. The minimum absolute atomic E-state index is 0.00137. The summed E-state index contributed by atoms with van der Waals surface area (Å²) in [6, 6.07) is 5.22. The molecule has 0 saturated carbocycles. The molecule has 1 saturated heterocycles. The van der Waals surface area contributed by atoms with Gasteiger partial charge in [0.15, 0.2) is 0 Å². The molecule has 1 aromatic rings. The van der Waals surface area contributed by atoms with E-state index in [-0.39, 0.29) is 17.7 Å². The summed E-state index contributed by atoms with van der Waals surface area (Å²) in [6.45, 7) is 6.10. The molecule has 0 aromatic heterocycles. The second-order valence-corrected chi connectivity index (χ2v) is 6.36. The Morgan fingerprint density at radius 2 is 1.71 bits per heavy atom. The minimum Gasteiger partial charge on any atom is -0.398 e. The van der Waals surface area contributed by atoms with Crippen LogP contribution in [0.4, 0.5) is 5.69 Å². The molecule has 0 aliphatic carbocycles. The van der Waals surface area contributed by atoms with E-state index in [4.69, 9.17) is 5.73 Å². The molecule has 0 radical (unpaired) electrons. The molecule has 0 atom stereocenters. The molecule has 114 valence electrons. The SMILES string of the molecule is CC(C)C(=O)N1CCN(C(=O)c2ccc(Br)c(N)c2)CC1. The van der Waals surface area contributed by atoms with Gasteiger partial charge in [0, 0.05) is 47.8 Å². The van der Waals surface area contributed by atoms with Crippen LogP contribution in [0.1, 0.15) is 24.2 Å². The first-order valence-electron chi connectivity index (χ1n) is 7.03. The number of carbonyl (C=O) groups is 2. The predicted molar refractivity (Wildman–Crippen MR) is 85.9 cm³/mol. The fraction of sp³-hybridized carbons (Fsp3) is 0.467. The van der Waals surface area contributed by atoms with E-state index in [0.29, 0.717) is 37.4 Å². The maximum Gasteiger partial charge on any atom is 0.254 e. The summed E-state index contributed by atoms with van der Waals surface area (Å²) < 4.78 is 0.784. The lowest BCUT2D eigenvalue weighted by Crippen LogP contribution is -2.51. The maximum atomic E-state index is 12.4. The van der Waals surface area contributed by atoms with Gasteiger partial charge in [0.25, 0.3) is 5.91 Å². The number of carbonyl (C=O) groups excluding carboxylic acids is 2. The number of hydrogen-bond donors (Lipinski definition) is 1. The Balaban J connectivity index is 2.00. The topological polar surface area (TPSA) is 66.6 Å². The maximum absolute atomic E-state index is 12.4. The first-order valence-corrected chi connectivity index (χ1v) is 7.82. The largest absolute Gasteiger partial charge is 0.398 e. The van der Waals surface area contributed by atoms with Crippen LogP contribution in [-0.2, 0) is 4.79 Å². The number of piperazine rings is 1. The van der Waals surface area contributed by atoms with Crippen LogP contribution in [-0.4, -0.2) is 47.8 Å². The van der Waals surface area contributed by atoms with Crippen molar-refractivity contribution < 1.29 is 9.59 Å². The lowest BCUT2D eigenvalue weighted by atomic mass is 10.1. The summed E-state index contributed by atoms with van der Waals surface area (Å²) >= 11 is 3.32. The highest BCUT2D eigenvalue weighted by Crippen LogP contribution is 2.21. The van der Waals surface area contributed by atoms with Crippen LogP contribution in [0.3, 0.4) is 0 Å². The van der Waals surface area contributed by atoms with Gasteiger partial charge in [0.05, 0.1) is 0 Å². The molecule has 1 aliphatic rings. The molecule has 1 aliphatic heterocycles. The zero-order valence-electron chi connectivity index (χ0n) is 12.3. The normalized spacial score (nSPS) is 15.4. The first-order chi connectivity index (χ1) is 9.90. The Labute approximate surface area is 133 Å². The number of amides is 2. The van der Waals surface area contributed by atoms with Crippen molar-refractivity contribution in [1.82, 2.24) is 9.80 Å². The van der Waals surface area contributed by atoms with Crippen LogP contribution < -0.4 is 5.73 Å². The highest BCUT2D eigenvalue weighted by Gasteiger charge is 2.26. The molecule has 0 spiro atoms. The van der Waals surface area contributed by atoms with Gasteiger partial charge in [0.2, 0.25) is 5.91 Å². The molecule has 0 bridgehead atoms. The lowest BCUT2D eigenvalue weighted by molar-refractivity contribution is -0.135. The Bertz CT molecular complexity index is 552. The van der Waals surface area contributed by atoms with Crippen molar-refractivity contribution in [3.05, 3.63) is 28.2 Å². The van der Waals surface area contributed by atoms with Crippen molar-refractivity contribution in [3.8, 4) is 0 Å². The molecule has 6 heteroatoms. The van der Waals surface area contributed by atoms with Crippen LogP contribution in [0.2, 0.25) is 0 Å². The monoisotopic (exact) mass is 353 g/mol. The summed E-state index contributed by atoms with van der Waals surface area (Å²) in [5, 5.41) is 0. The molecular weight excluding hydrogens is 334 g/mol. The molecule has 2 amide bonds. The molecule has 1 fully saturated rings. The number of nitrogens with two attached hydrogens (primary N) is 1. The summed E-state index contributed by atoms with van der Waals surface area (Å²) in [6.07, 6.45) is 0. The van der Waals surface area contributed by atoms with Crippen LogP contribution in [0.15, 0.2) is 22.7 Å². The van der Waals surface area contributed by atoms with E-state index in [1.165, 1.54) is 0 Å². The van der Waals surface area contributed by atoms with Gasteiger partial charge in [-0.3, -0.25) is 9.59 Å². The van der Waals surface area contributed by atoms with Gasteiger partial charge in [0.1, 0.15) is 0 Å². The minimum atomic E-state index is -0.0363. The van der Waals surface area contributed by atoms with Crippen molar-refractivity contribution in [1.29, 1.82) is 0 Å². The van der Waals surface area contributed by atoms with Gasteiger partial charge in [-0.05, 0) is 34.1 Å². The molecule has 1 aromatic carbocycles. The number of anilines is 1. The predicted octanol–water partition coefficient (Wildman–Crippen LogP) is 1.97. The number of hydrogen-bond acceptors (Lipinski definition) is 3. The first kappa shape index (κ1) is 15.8. The summed E-state index contributed by atoms with van der Waals surface area (Å²) in [7, 11) is 0. The van der Waals surface area contributed by atoms with Crippen molar-refractivity contribution in [2.45, 2.75) is 13.8 Å². The Morgan fingerprint density at radius 3 is 2.24 bits per heavy atom. The molecule has 0 unspecified atom stereocenters. The van der Waals surface area contributed by atoms with Crippen LogP contribution >= 0.6 is 15.9 Å². The zero-order chi connectivity index (χ0) is 15.6. The summed E-state index contributed by atoms with van der Waals surface area (Å²) in [5.74, 6) is 0.111. The van der Waals surface area contributed by atoms with E-state index in [1.54, 1.807) is 23.1 Å². The van der Waals surface area contributed by atoms with Gasteiger partial charge in [-0.1, -0.05) is 13.8 Å². The summed E-state index contributed by atoms with van der Waals surface area (Å²) in [4.78, 5) is 27.9. The molecule has 2 N–H and O–H groups in total. The third kappa shape index (κ3) is 3.56. The van der Waals surface area contributed by atoms with Crippen molar-refractivity contribution in [2.75, 3.05) is 31.9 Å². The number of nitrogens with zero attached hydrogens (tertiary/aromatic N) is 2. The third-order valence-electron chi connectivity index (χ3n) is 3.62. The number of benzene rings is 1. The fourth-order valence-corrected chi connectivity index (χ4v) is 2.60. The van der Waals surface area contributed by atoms with E-state index in [2.05, 4.69) is 15.9 Å². The van der Waals surface area contributed by atoms with Crippen molar-refractivity contribution in [3.63, 3.8) is 0 Å². The van der Waals surface area contributed by atoms with Gasteiger partial charge in [-0.25, -0.2) is 0 Å². The Morgan fingerprint density at radius 1 is 1.14 bits per heavy atom. The summed E-state index contributed by atoms with van der Waals surface area (Å²) in [5.41, 5.74) is 6.95. The van der Waals surface area contributed by atoms with E-state index < -0.39 is 0 Å². The van der Waals surface area contributed by atoms with Gasteiger partial charge in [-0.2, -0.15) is 0 Å². The van der Waals surface area contributed by atoms with Gasteiger partial charge in [-0.15, -0.1) is 0 Å².